The zero-order valence-electron chi connectivity index (χ0n) is 13.0. The van der Waals surface area contributed by atoms with Gasteiger partial charge in [0.25, 0.3) is 0 Å². The summed E-state index contributed by atoms with van der Waals surface area (Å²) in [6, 6.07) is 5.60. The maximum absolute atomic E-state index is 12.6. The Morgan fingerprint density at radius 1 is 1.36 bits per heavy atom. The quantitative estimate of drug-likeness (QED) is 0.535. The number of aromatic nitrogens is 2. The van der Waals surface area contributed by atoms with Crippen LogP contribution in [0.25, 0.3) is 6.08 Å². The fourth-order valence-corrected chi connectivity index (χ4v) is 2.56. The molecule has 5 heteroatoms. The van der Waals surface area contributed by atoms with Crippen LogP contribution >= 0.6 is 0 Å². The molecule has 0 bridgehead atoms. The molecule has 0 amide bonds. The fraction of sp³-hybridized carbons (Fsp3) is 0.235. The second kappa shape index (κ2) is 5.86. The van der Waals surface area contributed by atoms with Crippen molar-refractivity contribution in [2.75, 3.05) is 0 Å². The molecular formula is C17H17N3O2. The number of nitriles is 1. The monoisotopic (exact) mass is 295 g/mol. The van der Waals surface area contributed by atoms with Gasteiger partial charge >= 0.3 is 0 Å². The van der Waals surface area contributed by atoms with Gasteiger partial charge in [-0.3, -0.25) is 9.59 Å². The van der Waals surface area contributed by atoms with E-state index in [4.69, 9.17) is 0 Å². The number of aryl methyl sites for hydroxylation is 2. The molecule has 0 atom stereocenters. The van der Waals surface area contributed by atoms with Crippen molar-refractivity contribution in [1.29, 1.82) is 5.26 Å². The summed E-state index contributed by atoms with van der Waals surface area (Å²) in [7, 11) is 1.84. The first-order valence-corrected chi connectivity index (χ1v) is 6.84. The molecule has 0 unspecified atom stereocenters. The number of Topliss-reactive ketones (excluding diaryl/α,β-unsaturated/α-hetero) is 2. The molecule has 0 radical (unpaired) electrons. The van der Waals surface area contributed by atoms with E-state index in [2.05, 4.69) is 4.98 Å². The molecule has 112 valence electrons. The molecule has 0 spiro atoms. The molecule has 2 heterocycles. The first-order valence-electron chi connectivity index (χ1n) is 6.84. The van der Waals surface area contributed by atoms with Crippen LogP contribution in [0, 0.1) is 25.2 Å². The molecule has 0 aliphatic rings. The molecule has 0 fully saturated rings. The smallest absolute Gasteiger partial charge is 0.220 e. The van der Waals surface area contributed by atoms with Gasteiger partial charge in [-0.2, -0.15) is 5.26 Å². The molecular weight excluding hydrogens is 278 g/mol. The van der Waals surface area contributed by atoms with Crippen molar-refractivity contribution in [1.82, 2.24) is 9.55 Å². The van der Waals surface area contributed by atoms with Crippen molar-refractivity contribution < 1.29 is 9.59 Å². The van der Waals surface area contributed by atoms with Crippen molar-refractivity contribution in [3.63, 3.8) is 0 Å². The fourth-order valence-electron chi connectivity index (χ4n) is 2.56. The average molecular weight is 295 g/mol. The lowest BCUT2D eigenvalue weighted by molar-refractivity contribution is 0.101. The second-order valence-electron chi connectivity index (χ2n) is 5.22. The Morgan fingerprint density at radius 2 is 2.05 bits per heavy atom. The predicted molar refractivity (Wildman–Crippen MR) is 83.6 cm³/mol. The highest BCUT2D eigenvalue weighted by molar-refractivity contribution is 6.15. The van der Waals surface area contributed by atoms with Gasteiger partial charge in [0.15, 0.2) is 5.78 Å². The first-order chi connectivity index (χ1) is 10.4. The summed E-state index contributed by atoms with van der Waals surface area (Å²) in [4.78, 5) is 27.2. The number of hydrogen-bond acceptors (Lipinski definition) is 3. The Kier molecular flexibility index (Phi) is 4.13. The Hall–Kier alpha value is -2.87. The lowest BCUT2D eigenvalue weighted by atomic mass is 10.0. The standard InChI is InChI=1S/C17H17N3O2/c1-10-15(12(3)21)11(2)19-16(10)17(22)13(9-18)8-14-6-5-7-20(14)4/h5-8,19H,1-4H3. The number of allylic oxidation sites excluding steroid dienone is 1. The molecule has 0 aromatic carbocycles. The maximum Gasteiger partial charge on any atom is 0.220 e. The van der Waals surface area contributed by atoms with Crippen LogP contribution < -0.4 is 0 Å². The Bertz CT molecular complexity index is 829. The summed E-state index contributed by atoms with van der Waals surface area (Å²) in [5.74, 6) is -0.507. The number of rotatable bonds is 4. The number of carbonyl (C=O) groups excluding carboxylic acids is 2. The zero-order chi connectivity index (χ0) is 16.4. The third-order valence-electron chi connectivity index (χ3n) is 3.66. The number of nitrogens with one attached hydrogen (secondary N) is 1. The van der Waals surface area contributed by atoms with Crippen molar-refractivity contribution in [2.24, 2.45) is 7.05 Å². The minimum atomic E-state index is -0.406. The Balaban J connectivity index is 2.49. The SMILES string of the molecule is CC(=O)c1c(C)[nH]c(C(=O)C(C#N)=Cc2cccn2C)c1C. The topological polar surface area (TPSA) is 78.7 Å². The van der Waals surface area contributed by atoms with E-state index in [1.165, 1.54) is 6.92 Å². The van der Waals surface area contributed by atoms with Crippen molar-refractivity contribution in [2.45, 2.75) is 20.8 Å². The van der Waals surface area contributed by atoms with Gasteiger partial charge in [0.05, 0.1) is 5.69 Å². The van der Waals surface area contributed by atoms with E-state index in [1.54, 1.807) is 19.9 Å². The number of H-pyrrole nitrogens is 1. The van der Waals surface area contributed by atoms with Crippen LogP contribution in [0.15, 0.2) is 23.9 Å². The molecule has 1 N–H and O–H groups in total. The number of nitrogens with zero attached hydrogens (tertiary/aromatic N) is 2. The molecule has 22 heavy (non-hydrogen) atoms. The van der Waals surface area contributed by atoms with Gasteiger partial charge in [-0.1, -0.05) is 0 Å². The highest BCUT2D eigenvalue weighted by Crippen LogP contribution is 2.21. The third-order valence-corrected chi connectivity index (χ3v) is 3.66. The largest absolute Gasteiger partial charge is 0.355 e. The maximum atomic E-state index is 12.6. The lowest BCUT2D eigenvalue weighted by Crippen LogP contribution is -2.05. The summed E-state index contributed by atoms with van der Waals surface area (Å²) in [5.41, 5.74) is 2.83. The van der Waals surface area contributed by atoms with E-state index >= 15 is 0 Å². The Labute approximate surface area is 128 Å². The summed E-state index contributed by atoms with van der Waals surface area (Å²) in [5, 5.41) is 9.29. The van der Waals surface area contributed by atoms with Gasteiger partial charge in [0.2, 0.25) is 5.78 Å². The van der Waals surface area contributed by atoms with Crippen LogP contribution in [0.3, 0.4) is 0 Å². The molecule has 0 aliphatic heterocycles. The van der Waals surface area contributed by atoms with Crippen LogP contribution in [0.1, 0.15) is 44.7 Å². The van der Waals surface area contributed by atoms with Crippen LogP contribution in [0.2, 0.25) is 0 Å². The normalized spacial score (nSPS) is 11.3. The van der Waals surface area contributed by atoms with Crippen LogP contribution in [0.4, 0.5) is 0 Å². The summed E-state index contributed by atoms with van der Waals surface area (Å²) >= 11 is 0. The Morgan fingerprint density at radius 3 is 2.50 bits per heavy atom. The van der Waals surface area contributed by atoms with Gasteiger partial charge in [0.1, 0.15) is 11.6 Å². The van der Waals surface area contributed by atoms with Crippen LogP contribution in [-0.4, -0.2) is 21.1 Å². The van der Waals surface area contributed by atoms with Gasteiger partial charge in [-0.05, 0) is 44.5 Å². The minimum Gasteiger partial charge on any atom is -0.355 e. The first kappa shape index (κ1) is 15.5. The third kappa shape index (κ3) is 2.63. The summed E-state index contributed by atoms with van der Waals surface area (Å²) in [6.07, 6.45) is 3.38. The lowest BCUT2D eigenvalue weighted by Gasteiger charge is -2.01. The molecule has 0 saturated carbocycles. The van der Waals surface area contributed by atoms with Crippen molar-refractivity contribution >= 4 is 17.6 Å². The van der Waals surface area contributed by atoms with E-state index in [-0.39, 0.29) is 11.4 Å². The van der Waals surface area contributed by atoms with E-state index in [0.717, 1.165) is 5.69 Å². The van der Waals surface area contributed by atoms with E-state index in [0.29, 0.717) is 22.5 Å². The number of carbonyl (C=O) groups is 2. The number of hydrogen-bond donors (Lipinski definition) is 1. The molecule has 0 saturated heterocycles. The number of ketones is 2. The highest BCUT2D eigenvalue weighted by atomic mass is 16.1. The summed E-state index contributed by atoms with van der Waals surface area (Å²) in [6.45, 7) is 4.92. The molecule has 2 aromatic heterocycles. The van der Waals surface area contributed by atoms with Gasteiger partial charge < -0.3 is 9.55 Å². The van der Waals surface area contributed by atoms with E-state index < -0.39 is 5.78 Å². The van der Waals surface area contributed by atoms with Crippen LogP contribution in [0.5, 0.6) is 0 Å². The van der Waals surface area contributed by atoms with Crippen LogP contribution in [-0.2, 0) is 7.05 Å². The molecule has 5 nitrogen and oxygen atoms in total. The average Bonchev–Trinajstić information content (AvgIpc) is 2.98. The van der Waals surface area contributed by atoms with E-state index in [1.807, 2.05) is 36.0 Å². The minimum absolute atomic E-state index is 0.0289. The molecule has 0 aliphatic carbocycles. The highest BCUT2D eigenvalue weighted by Gasteiger charge is 2.22. The van der Waals surface area contributed by atoms with Crippen molar-refractivity contribution in [3.05, 3.63) is 52.1 Å². The summed E-state index contributed by atoms with van der Waals surface area (Å²) < 4.78 is 1.82. The molecule has 2 rings (SSSR count). The van der Waals surface area contributed by atoms with Crippen molar-refractivity contribution in [3.8, 4) is 6.07 Å². The zero-order valence-corrected chi connectivity index (χ0v) is 13.0. The van der Waals surface area contributed by atoms with Gasteiger partial charge in [0, 0.05) is 30.2 Å². The molecule has 2 aromatic rings. The van der Waals surface area contributed by atoms with Gasteiger partial charge in [-0.25, -0.2) is 0 Å². The second-order valence-corrected chi connectivity index (χ2v) is 5.22. The van der Waals surface area contributed by atoms with Gasteiger partial charge in [-0.15, -0.1) is 0 Å². The van der Waals surface area contributed by atoms with E-state index in [9.17, 15) is 14.9 Å². The predicted octanol–water partition coefficient (Wildman–Crippen LogP) is 2.96. The number of aromatic amines is 1.